The second-order valence-corrected chi connectivity index (χ2v) is 10.7. The largest absolute Gasteiger partial charge is 0.492 e. The molecule has 1 fully saturated rings. The zero-order chi connectivity index (χ0) is 22.5. The molecule has 2 aliphatic rings. The number of aromatic carboxylic acids is 1. The fourth-order valence-electron chi connectivity index (χ4n) is 3.93. The van der Waals surface area contributed by atoms with Crippen LogP contribution in [0.3, 0.4) is 0 Å². The number of carboxylic acids is 1. The lowest BCUT2D eigenvalue weighted by Gasteiger charge is -2.29. The second-order valence-electron chi connectivity index (χ2n) is 7.71. The number of methoxy groups -OCH3 is 1. The maximum absolute atomic E-state index is 13.4. The molecule has 166 valence electrons. The molecule has 2 aromatic rings. The summed E-state index contributed by atoms with van der Waals surface area (Å²) >= 11 is 3.41. The van der Waals surface area contributed by atoms with E-state index >= 15 is 0 Å². The minimum atomic E-state index is -3.86. The third kappa shape index (κ3) is 3.60. The van der Waals surface area contributed by atoms with Crippen molar-refractivity contribution >= 4 is 31.7 Å². The summed E-state index contributed by atoms with van der Waals surface area (Å²) in [6.07, 6.45) is 2.13. The predicted octanol–water partition coefficient (Wildman–Crippen LogP) is 3.57. The number of aromatic nitrogens is 1. The first kappa shape index (κ1) is 22.0. The number of carbonyl (C=O) groups is 1. The number of carboxylic acid groups (broad SMARTS) is 1. The molecule has 10 heteroatoms. The van der Waals surface area contributed by atoms with E-state index in [-0.39, 0.29) is 10.9 Å². The summed E-state index contributed by atoms with van der Waals surface area (Å²) in [7, 11) is -2.27. The van der Waals surface area contributed by atoms with Crippen LogP contribution in [0.25, 0.3) is 11.3 Å². The average Bonchev–Trinajstić information content (AvgIpc) is 3.54. The van der Waals surface area contributed by atoms with Crippen LogP contribution in [0.15, 0.2) is 32.4 Å². The number of rotatable bonds is 7. The summed E-state index contributed by atoms with van der Waals surface area (Å²) in [4.78, 5) is 24.7. The van der Waals surface area contributed by atoms with Crippen molar-refractivity contribution in [1.29, 1.82) is 0 Å². The summed E-state index contributed by atoms with van der Waals surface area (Å²) < 4.78 is 39.4. The van der Waals surface area contributed by atoms with E-state index in [9.17, 15) is 23.1 Å². The van der Waals surface area contributed by atoms with E-state index in [0.29, 0.717) is 46.7 Å². The standard InChI is InChI=1S/C21H22BrNO7S/c1-11-14-10-15(21(25)26)20(24)23(12-4-5-12)18(14)13-6-7-16(30-9-3-8-29-2)17(22)19(13)31(11,27)28/h6-7,10-12H,3-5,8-9H2,1-2H3,(H,25,26). The SMILES string of the molecule is COCCCOc1ccc2c(c1Br)S(=O)(=O)C(C)c1cc(C(=O)O)c(=O)n(C3CC3)c1-2. The molecule has 0 bridgehead atoms. The van der Waals surface area contributed by atoms with Crippen molar-refractivity contribution in [3.63, 3.8) is 0 Å². The molecular weight excluding hydrogens is 490 g/mol. The number of pyridine rings is 1. The Balaban J connectivity index is 1.96. The summed E-state index contributed by atoms with van der Waals surface area (Å²) in [6, 6.07) is 4.38. The number of hydrogen-bond acceptors (Lipinski definition) is 6. The van der Waals surface area contributed by atoms with Crippen LogP contribution in [-0.2, 0) is 14.6 Å². The molecule has 0 saturated heterocycles. The van der Waals surface area contributed by atoms with E-state index in [1.165, 1.54) is 17.6 Å². The smallest absolute Gasteiger partial charge is 0.341 e. The highest BCUT2D eigenvalue weighted by atomic mass is 79.9. The lowest BCUT2D eigenvalue weighted by Crippen LogP contribution is -2.32. The minimum Gasteiger partial charge on any atom is -0.492 e. The van der Waals surface area contributed by atoms with Crippen LogP contribution < -0.4 is 10.3 Å². The highest BCUT2D eigenvalue weighted by molar-refractivity contribution is 9.10. The Morgan fingerprint density at radius 1 is 1.29 bits per heavy atom. The fraction of sp³-hybridized carbons (Fsp3) is 0.429. The molecule has 8 nitrogen and oxygen atoms in total. The van der Waals surface area contributed by atoms with Gasteiger partial charge in [-0.05, 0) is 59.5 Å². The Hall–Kier alpha value is -2.17. The van der Waals surface area contributed by atoms with Crippen LogP contribution in [0.2, 0.25) is 0 Å². The molecule has 1 saturated carbocycles. The van der Waals surface area contributed by atoms with E-state index in [1.807, 2.05) is 0 Å². The van der Waals surface area contributed by atoms with Crippen LogP contribution in [-0.4, -0.2) is 44.4 Å². The number of fused-ring (bicyclic) bond motifs is 3. The zero-order valence-electron chi connectivity index (χ0n) is 17.1. The molecule has 2 heterocycles. The van der Waals surface area contributed by atoms with E-state index in [0.717, 1.165) is 12.8 Å². The van der Waals surface area contributed by atoms with Crippen molar-refractivity contribution in [2.24, 2.45) is 0 Å². The van der Waals surface area contributed by atoms with Gasteiger partial charge in [0.05, 0.1) is 26.9 Å². The van der Waals surface area contributed by atoms with Gasteiger partial charge in [-0.25, -0.2) is 13.2 Å². The topological polar surface area (TPSA) is 112 Å². The van der Waals surface area contributed by atoms with Crippen molar-refractivity contribution in [1.82, 2.24) is 4.57 Å². The molecule has 1 aliphatic heterocycles. The molecule has 4 rings (SSSR count). The number of halogens is 1. The monoisotopic (exact) mass is 511 g/mol. The van der Waals surface area contributed by atoms with Crippen LogP contribution in [0, 0.1) is 0 Å². The molecule has 0 spiro atoms. The fourth-order valence-corrected chi connectivity index (χ4v) is 6.76. The number of nitrogens with zero attached hydrogens (tertiary/aromatic N) is 1. The van der Waals surface area contributed by atoms with Crippen molar-refractivity contribution in [3.8, 4) is 17.0 Å². The molecule has 1 aromatic heterocycles. The summed E-state index contributed by atoms with van der Waals surface area (Å²) in [5.74, 6) is -0.977. The van der Waals surface area contributed by atoms with Crippen molar-refractivity contribution < 1.29 is 27.8 Å². The van der Waals surface area contributed by atoms with Crippen LogP contribution >= 0.6 is 15.9 Å². The second kappa shape index (κ2) is 8.07. The lowest BCUT2D eigenvalue weighted by atomic mass is 9.99. The van der Waals surface area contributed by atoms with E-state index < -0.39 is 32.2 Å². The van der Waals surface area contributed by atoms with Crippen LogP contribution in [0.4, 0.5) is 0 Å². The first-order valence-corrected chi connectivity index (χ1v) is 12.2. The predicted molar refractivity (Wildman–Crippen MR) is 117 cm³/mol. The van der Waals surface area contributed by atoms with Gasteiger partial charge in [-0.3, -0.25) is 4.79 Å². The lowest BCUT2D eigenvalue weighted by molar-refractivity contribution is 0.0694. The summed E-state index contributed by atoms with van der Waals surface area (Å²) in [5, 5.41) is 8.50. The highest BCUT2D eigenvalue weighted by Gasteiger charge is 2.42. The van der Waals surface area contributed by atoms with Gasteiger partial charge in [0, 0.05) is 31.7 Å². The maximum atomic E-state index is 13.4. The molecule has 1 N–H and O–H groups in total. The normalized spacial score (nSPS) is 18.9. The van der Waals surface area contributed by atoms with Crippen LogP contribution in [0.5, 0.6) is 5.75 Å². The van der Waals surface area contributed by atoms with E-state index in [1.54, 1.807) is 19.2 Å². The zero-order valence-corrected chi connectivity index (χ0v) is 19.5. The van der Waals surface area contributed by atoms with Gasteiger partial charge in [-0.1, -0.05) is 0 Å². The van der Waals surface area contributed by atoms with Gasteiger partial charge >= 0.3 is 5.97 Å². The minimum absolute atomic E-state index is 0.0635. The highest BCUT2D eigenvalue weighted by Crippen LogP contribution is 2.51. The van der Waals surface area contributed by atoms with E-state index in [2.05, 4.69) is 15.9 Å². The maximum Gasteiger partial charge on any atom is 0.341 e. The van der Waals surface area contributed by atoms with Crippen molar-refractivity contribution in [2.45, 2.75) is 42.4 Å². The first-order chi connectivity index (χ1) is 14.7. The number of hydrogen-bond donors (Lipinski definition) is 1. The van der Waals surface area contributed by atoms with Gasteiger partial charge in [0.2, 0.25) is 0 Å². The summed E-state index contributed by atoms with van der Waals surface area (Å²) in [6.45, 7) is 2.39. The first-order valence-electron chi connectivity index (χ1n) is 9.91. The van der Waals surface area contributed by atoms with Gasteiger partial charge in [-0.2, -0.15) is 0 Å². The third-order valence-electron chi connectivity index (χ3n) is 5.66. The molecule has 1 unspecified atom stereocenters. The Kier molecular flexibility index (Phi) is 5.74. The van der Waals surface area contributed by atoms with Gasteiger partial charge < -0.3 is 19.1 Å². The average molecular weight is 512 g/mol. The molecule has 1 aliphatic carbocycles. The van der Waals surface area contributed by atoms with Gasteiger partial charge in [0.15, 0.2) is 9.84 Å². The van der Waals surface area contributed by atoms with Crippen LogP contribution in [0.1, 0.15) is 53.4 Å². The Bertz CT molecular complexity index is 1230. The molecular formula is C21H22BrNO7S. The van der Waals surface area contributed by atoms with Gasteiger partial charge in [-0.15, -0.1) is 0 Å². The van der Waals surface area contributed by atoms with Crippen molar-refractivity contribution in [2.75, 3.05) is 20.3 Å². The van der Waals surface area contributed by atoms with Gasteiger partial charge in [0.25, 0.3) is 5.56 Å². The number of benzene rings is 1. The van der Waals surface area contributed by atoms with Crippen molar-refractivity contribution in [3.05, 3.63) is 44.2 Å². The van der Waals surface area contributed by atoms with Gasteiger partial charge in [0.1, 0.15) is 11.3 Å². The third-order valence-corrected chi connectivity index (χ3v) is 8.89. The molecule has 0 amide bonds. The summed E-state index contributed by atoms with van der Waals surface area (Å²) in [5.41, 5.74) is 0.166. The molecule has 31 heavy (non-hydrogen) atoms. The molecule has 1 aromatic carbocycles. The molecule has 0 radical (unpaired) electrons. The molecule has 1 atom stereocenters. The Labute approximate surface area is 187 Å². The Morgan fingerprint density at radius 2 is 2.00 bits per heavy atom. The number of ether oxygens (including phenoxy) is 2. The van der Waals surface area contributed by atoms with E-state index in [4.69, 9.17) is 9.47 Å². The Morgan fingerprint density at radius 3 is 2.61 bits per heavy atom. The number of sulfone groups is 1. The quantitative estimate of drug-likeness (QED) is 0.565.